The van der Waals surface area contributed by atoms with Crippen LogP contribution in [0.1, 0.15) is 66.2 Å². The molecule has 0 aliphatic heterocycles. The summed E-state index contributed by atoms with van der Waals surface area (Å²) in [5.41, 5.74) is 3.45. The minimum Gasteiger partial charge on any atom is -0.414 e. The fraction of sp³-hybridized carbons (Fsp3) is 0.882. The molecule has 0 amide bonds. The zero-order valence-electron chi connectivity index (χ0n) is 13.8. The zero-order valence-corrected chi connectivity index (χ0v) is 14.8. The maximum Gasteiger partial charge on any atom is 0.192 e. The second kappa shape index (κ2) is 5.36. The van der Waals surface area contributed by atoms with Crippen molar-refractivity contribution < 1.29 is 4.43 Å². The fourth-order valence-corrected chi connectivity index (χ4v) is 4.69. The molecule has 0 saturated heterocycles. The smallest absolute Gasteiger partial charge is 0.192 e. The summed E-state index contributed by atoms with van der Waals surface area (Å²) < 4.78 is 6.76. The van der Waals surface area contributed by atoms with Crippen molar-refractivity contribution >= 4 is 8.32 Å². The highest BCUT2D eigenvalue weighted by Gasteiger charge is 2.41. The lowest BCUT2D eigenvalue weighted by Crippen LogP contribution is -2.45. The zero-order chi connectivity index (χ0) is 14.3. The summed E-state index contributed by atoms with van der Waals surface area (Å²) in [5.74, 6) is 0.801. The lowest BCUT2D eigenvalue weighted by molar-refractivity contribution is 0.105. The minimum absolute atomic E-state index is 0.336. The van der Waals surface area contributed by atoms with Gasteiger partial charge >= 0.3 is 0 Å². The van der Waals surface area contributed by atoms with Gasteiger partial charge in [0, 0.05) is 6.10 Å². The van der Waals surface area contributed by atoms with Crippen LogP contribution < -0.4 is 0 Å². The second-order valence-corrected chi connectivity index (χ2v) is 13.0. The summed E-state index contributed by atoms with van der Waals surface area (Å²) in [4.78, 5) is 0. The SMILES string of the molecule is CC1=C2CCC[C@H](O[Si](C)(C)C(C)(C)C)[C@H](CC1)C2. The van der Waals surface area contributed by atoms with Crippen LogP contribution in [0.25, 0.3) is 0 Å². The molecule has 1 fully saturated rings. The average Bonchev–Trinajstić information content (AvgIpc) is 2.43. The summed E-state index contributed by atoms with van der Waals surface area (Å²) >= 11 is 0. The highest BCUT2D eigenvalue weighted by Crippen LogP contribution is 2.43. The average molecular weight is 281 g/mol. The molecule has 0 aromatic rings. The molecule has 110 valence electrons. The quantitative estimate of drug-likeness (QED) is 0.467. The number of rotatable bonds is 2. The van der Waals surface area contributed by atoms with Crippen LogP contribution in [-0.2, 0) is 4.43 Å². The van der Waals surface area contributed by atoms with Crippen molar-refractivity contribution in [1.29, 1.82) is 0 Å². The Bertz CT molecular complexity index is 362. The molecule has 0 spiro atoms. The first-order chi connectivity index (χ1) is 8.71. The Labute approximate surface area is 120 Å². The molecule has 0 N–H and O–H groups in total. The van der Waals surface area contributed by atoms with Crippen molar-refractivity contribution in [2.75, 3.05) is 0 Å². The third-order valence-corrected chi connectivity index (χ3v) is 10.3. The highest BCUT2D eigenvalue weighted by molar-refractivity contribution is 6.74. The Balaban J connectivity index is 2.10. The largest absolute Gasteiger partial charge is 0.414 e. The molecule has 2 rings (SSSR count). The maximum atomic E-state index is 6.76. The van der Waals surface area contributed by atoms with Gasteiger partial charge in [0.15, 0.2) is 8.32 Å². The van der Waals surface area contributed by atoms with E-state index in [9.17, 15) is 0 Å². The predicted molar refractivity (Wildman–Crippen MR) is 86.0 cm³/mol. The summed E-state index contributed by atoms with van der Waals surface area (Å²) in [7, 11) is -1.60. The van der Waals surface area contributed by atoms with E-state index in [2.05, 4.69) is 40.8 Å². The molecule has 0 radical (unpaired) electrons. The normalized spacial score (nSPS) is 29.4. The molecule has 2 heteroatoms. The van der Waals surface area contributed by atoms with Crippen molar-refractivity contribution in [2.24, 2.45) is 5.92 Å². The molecule has 2 bridgehead atoms. The molecule has 0 aromatic heterocycles. The van der Waals surface area contributed by atoms with E-state index in [0.29, 0.717) is 11.1 Å². The van der Waals surface area contributed by atoms with E-state index >= 15 is 0 Å². The molecule has 2 atom stereocenters. The highest BCUT2D eigenvalue weighted by atomic mass is 28.4. The van der Waals surface area contributed by atoms with Gasteiger partial charge in [0.2, 0.25) is 0 Å². The molecular formula is C17H32OSi. The Hall–Kier alpha value is -0.0831. The predicted octanol–water partition coefficient (Wildman–Crippen LogP) is 5.68. The lowest BCUT2D eigenvalue weighted by atomic mass is 9.82. The van der Waals surface area contributed by atoms with E-state index in [1.54, 1.807) is 11.1 Å². The summed E-state index contributed by atoms with van der Waals surface area (Å²) in [6.07, 6.45) is 8.49. The van der Waals surface area contributed by atoms with Crippen LogP contribution in [0.3, 0.4) is 0 Å². The van der Waals surface area contributed by atoms with Crippen molar-refractivity contribution in [2.45, 2.75) is 90.5 Å². The van der Waals surface area contributed by atoms with Gasteiger partial charge < -0.3 is 4.43 Å². The van der Waals surface area contributed by atoms with Gasteiger partial charge in [-0.3, -0.25) is 0 Å². The van der Waals surface area contributed by atoms with E-state index in [1.807, 2.05) is 0 Å². The van der Waals surface area contributed by atoms with E-state index in [-0.39, 0.29) is 0 Å². The van der Waals surface area contributed by atoms with Crippen LogP contribution in [0.2, 0.25) is 18.1 Å². The van der Waals surface area contributed by atoms with Crippen molar-refractivity contribution in [3.63, 3.8) is 0 Å². The van der Waals surface area contributed by atoms with Gasteiger partial charge in [0.1, 0.15) is 0 Å². The number of hydrogen-bond acceptors (Lipinski definition) is 1. The Morgan fingerprint density at radius 2 is 1.79 bits per heavy atom. The maximum absolute atomic E-state index is 6.76. The van der Waals surface area contributed by atoms with E-state index in [0.717, 1.165) is 5.92 Å². The van der Waals surface area contributed by atoms with Crippen LogP contribution in [-0.4, -0.2) is 14.4 Å². The van der Waals surface area contributed by atoms with Gasteiger partial charge in [-0.25, -0.2) is 0 Å². The van der Waals surface area contributed by atoms with Crippen LogP contribution in [0.5, 0.6) is 0 Å². The van der Waals surface area contributed by atoms with Crippen LogP contribution >= 0.6 is 0 Å². The van der Waals surface area contributed by atoms with Crippen LogP contribution in [0.15, 0.2) is 11.1 Å². The fourth-order valence-electron chi connectivity index (χ4n) is 3.27. The van der Waals surface area contributed by atoms with E-state index in [1.165, 1.54) is 38.5 Å². The molecule has 0 heterocycles. The minimum atomic E-state index is -1.60. The molecule has 1 saturated carbocycles. The molecule has 2 aliphatic carbocycles. The first kappa shape index (κ1) is 15.3. The van der Waals surface area contributed by atoms with Gasteiger partial charge in [0.25, 0.3) is 0 Å². The first-order valence-electron chi connectivity index (χ1n) is 8.06. The Morgan fingerprint density at radius 1 is 1.11 bits per heavy atom. The molecular weight excluding hydrogens is 248 g/mol. The molecule has 1 nitrogen and oxygen atoms in total. The van der Waals surface area contributed by atoms with E-state index < -0.39 is 8.32 Å². The third kappa shape index (κ3) is 3.33. The summed E-state index contributed by atoms with van der Waals surface area (Å²) in [6.45, 7) is 14.2. The standard InChI is InChI=1S/C17H32OSi/c1-13-10-11-15-12-14(13)8-7-9-16(15)18-19(5,6)17(2,3)4/h15-16H,7-12H2,1-6H3/t15-,16+/m1/s1. The Morgan fingerprint density at radius 3 is 2.42 bits per heavy atom. The van der Waals surface area contributed by atoms with Gasteiger partial charge in [-0.05, 0) is 69.5 Å². The molecule has 2 aliphatic rings. The monoisotopic (exact) mass is 280 g/mol. The molecule has 19 heavy (non-hydrogen) atoms. The molecule has 0 aromatic carbocycles. The van der Waals surface area contributed by atoms with E-state index in [4.69, 9.17) is 4.43 Å². The Kier molecular flexibility index (Phi) is 4.32. The first-order valence-corrected chi connectivity index (χ1v) is 11.0. The topological polar surface area (TPSA) is 9.23 Å². The summed E-state index contributed by atoms with van der Waals surface area (Å²) in [6, 6.07) is 0. The summed E-state index contributed by atoms with van der Waals surface area (Å²) in [5, 5.41) is 0.336. The van der Waals surface area contributed by atoms with Crippen LogP contribution in [0, 0.1) is 5.92 Å². The number of hydrogen-bond donors (Lipinski definition) is 0. The number of allylic oxidation sites excluding steroid dienone is 2. The van der Waals surface area contributed by atoms with Gasteiger partial charge in [-0.15, -0.1) is 0 Å². The second-order valence-electron chi connectivity index (χ2n) is 8.20. The third-order valence-electron chi connectivity index (χ3n) is 5.75. The van der Waals surface area contributed by atoms with Crippen molar-refractivity contribution in [1.82, 2.24) is 0 Å². The van der Waals surface area contributed by atoms with Crippen molar-refractivity contribution in [3.05, 3.63) is 11.1 Å². The van der Waals surface area contributed by atoms with Gasteiger partial charge in [-0.1, -0.05) is 31.9 Å². The van der Waals surface area contributed by atoms with Gasteiger partial charge in [0.05, 0.1) is 0 Å². The lowest BCUT2D eigenvalue weighted by Gasteiger charge is -2.41. The molecule has 0 unspecified atom stereocenters. The van der Waals surface area contributed by atoms with Gasteiger partial charge in [-0.2, -0.15) is 0 Å². The van der Waals surface area contributed by atoms with Crippen LogP contribution in [0.4, 0.5) is 0 Å². The number of fused-ring (bicyclic) bond motifs is 2. The van der Waals surface area contributed by atoms with Crippen molar-refractivity contribution in [3.8, 4) is 0 Å².